The van der Waals surface area contributed by atoms with Crippen molar-refractivity contribution in [3.8, 4) is 0 Å². The molecule has 1 N–H and O–H groups in total. The van der Waals surface area contributed by atoms with Crippen LogP contribution in [0.25, 0.3) is 0 Å². The number of aromatic nitrogens is 2. The zero-order chi connectivity index (χ0) is 13.0. The number of aryl methyl sites for hydroxylation is 1. The van der Waals surface area contributed by atoms with Crippen molar-refractivity contribution in [1.82, 2.24) is 15.1 Å². The van der Waals surface area contributed by atoms with Gasteiger partial charge in [0.2, 0.25) is 0 Å². The summed E-state index contributed by atoms with van der Waals surface area (Å²) in [6, 6.07) is 0.363. The monoisotopic (exact) mass is 269 g/mol. The molecule has 0 spiro atoms. The molecule has 1 heterocycles. The van der Waals surface area contributed by atoms with Crippen LogP contribution in [0, 0.1) is 5.92 Å². The third-order valence-corrected chi connectivity index (χ3v) is 4.13. The quantitative estimate of drug-likeness (QED) is 0.816. The summed E-state index contributed by atoms with van der Waals surface area (Å²) in [5, 5.41) is 8.80. The molecule has 3 nitrogen and oxygen atoms in total. The van der Waals surface area contributed by atoms with E-state index in [1.807, 2.05) is 0 Å². The summed E-state index contributed by atoms with van der Waals surface area (Å²) < 4.78 is 2.08. The fraction of sp³-hybridized carbons (Fsp3) is 0.786. The molecular formula is C14H24ClN3. The van der Waals surface area contributed by atoms with Gasteiger partial charge in [-0.25, -0.2) is 0 Å². The SMILES string of the molecule is CCCn1ncc(Cl)c1C(CC1CCC1)NCC. The first-order valence-corrected chi connectivity index (χ1v) is 7.58. The van der Waals surface area contributed by atoms with Crippen molar-refractivity contribution in [2.24, 2.45) is 5.92 Å². The number of nitrogens with one attached hydrogen (secondary N) is 1. The number of hydrogen-bond acceptors (Lipinski definition) is 2. The lowest BCUT2D eigenvalue weighted by atomic mass is 9.80. The van der Waals surface area contributed by atoms with Crippen LogP contribution in [-0.2, 0) is 6.54 Å². The first kappa shape index (κ1) is 13.9. The Hall–Kier alpha value is -0.540. The Labute approximate surface area is 115 Å². The second-order valence-corrected chi connectivity index (χ2v) is 5.65. The number of halogens is 1. The second kappa shape index (κ2) is 6.58. The molecule has 0 radical (unpaired) electrons. The largest absolute Gasteiger partial charge is 0.309 e. The highest BCUT2D eigenvalue weighted by Gasteiger charge is 2.26. The number of hydrogen-bond donors (Lipinski definition) is 1. The Morgan fingerprint density at radius 1 is 1.50 bits per heavy atom. The van der Waals surface area contributed by atoms with Gasteiger partial charge in [0.05, 0.1) is 23.0 Å². The van der Waals surface area contributed by atoms with Gasteiger partial charge in [-0.3, -0.25) is 4.68 Å². The van der Waals surface area contributed by atoms with Crippen LogP contribution in [-0.4, -0.2) is 16.3 Å². The molecule has 0 bridgehead atoms. The van der Waals surface area contributed by atoms with E-state index in [-0.39, 0.29) is 0 Å². The van der Waals surface area contributed by atoms with Gasteiger partial charge in [-0.2, -0.15) is 5.10 Å². The van der Waals surface area contributed by atoms with E-state index < -0.39 is 0 Å². The van der Waals surface area contributed by atoms with Crippen molar-refractivity contribution in [1.29, 1.82) is 0 Å². The molecule has 102 valence electrons. The van der Waals surface area contributed by atoms with Gasteiger partial charge < -0.3 is 5.32 Å². The molecule has 2 rings (SSSR count). The van der Waals surface area contributed by atoms with E-state index in [4.69, 9.17) is 11.6 Å². The molecule has 0 amide bonds. The van der Waals surface area contributed by atoms with E-state index in [1.54, 1.807) is 6.20 Å². The predicted molar refractivity (Wildman–Crippen MR) is 75.9 cm³/mol. The Morgan fingerprint density at radius 3 is 2.83 bits per heavy atom. The van der Waals surface area contributed by atoms with Gasteiger partial charge in [-0.05, 0) is 25.3 Å². The molecular weight excluding hydrogens is 246 g/mol. The van der Waals surface area contributed by atoms with Gasteiger partial charge in [0.15, 0.2) is 0 Å². The van der Waals surface area contributed by atoms with Crippen LogP contribution in [0.2, 0.25) is 5.02 Å². The maximum Gasteiger partial charge on any atom is 0.0834 e. The van der Waals surface area contributed by atoms with E-state index in [0.29, 0.717) is 6.04 Å². The third-order valence-electron chi connectivity index (χ3n) is 3.84. The van der Waals surface area contributed by atoms with Gasteiger partial charge in [0, 0.05) is 6.54 Å². The molecule has 4 heteroatoms. The standard InChI is InChI=1S/C14H24ClN3/c1-3-8-18-14(12(15)10-17-18)13(16-4-2)9-11-6-5-7-11/h10-11,13,16H,3-9H2,1-2H3. The maximum absolute atomic E-state index is 6.33. The summed E-state index contributed by atoms with van der Waals surface area (Å²) in [6.45, 7) is 6.26. The third kappa shape index (κ3) is 3.07. The van der Waals surface area contributed by atoms with Crippen LogP contribution in [0.5, 0.6) is 0 Å². The molecule has 1 saturated carbocycles. The Balaban J connectivity index is 2.14. The summed E-state index contributed by atoms with van der Waals surface area (Å²) in [7, 11) is 0. The zero-order valence-corrected chi connectivity index (χ0v) is 12.2. The molecule has 0 aromatic carbocycles. The van der Waals surface area contributed by atoms with Crippen LogP contribution in [0.3, 0.4) is 0 Å². The highest BCUT2D eigenvalue weighted by Crippen LogP contribution is 2.36. The van der Waals surface area contributed by atoms with Crippen molar-refractivity contribution < 1.29 is 0 Å². The summed E-state index contributed by atoms with van der Waals surface area (Å²) in [5.41, 5.74) is 1.19. The zero-order valence-electron chi connectivity index (χ0n) is 11.5. The van der Waals surface area contributed by atoms with Crippen molar-refractivity contribution >= 4 is 11.6 Å². The minimum absolute atomic E-state index is 0.363. The highest BCUT2D eigenvalue weighted by molar-refractivity contribution is 6.31. The summed E-state index contributed by atoms with van der Waals surface area (Å²) in [6.07, 6.45) is 8.22. The first-order valence-electron chi connectivity index (χ1n) is 7.20. The molecule has 1 unspecified atom stereocenters. The minimum atomic E-state index is 0.363. The molecule has 0 saturated heterocycles. The summed E-state index contributed by atoms with van der Waals surface area (Å²) >= 11 is 6.33. The summed E-state index contributed by atoms with van der Waals surface area (Å²) in [5.74, 6) is 0.870. The summed E-state index contributed by atoms with van der Waals surface area (Å²) in [4.78, 5) is 0. The molecule has 1 aromatic heterocycles. The molecule has 0 aliphatic heterocycles. The minimum Gasteiger partial charge on any atom is -0.309 e. The van der Waals surface area contributed by atoms with E-state index in [2.05, 4.69) is 28.9 Å². The van der Waals surface area contributed by atoms with Gasteiger partial charge in [0.25, 0.3) is 0 Å². The smallest absolute Gasteiger partial charge is 0.0834 e. The van der Waals surface area contributed by atoms with Crippen LogP contribution >= 0.6 is 11.6 Å². The molecule has 1 fully saturated rings. The fourth-order valence-corrected chi connectivity index (χ4v) is 2.98. The first-order chi connectivity index (χ1) is 8.76. The second-order valence-electron chi connectivity index (χ2n) is 5.24. The normalized spacial score (nSPS) is 17.7. The lowest BCUT2D eigenvalue weighted by Crippen LogP contribution is -2.28. The van der Waals surface area contributed by atoms with E-state index >= 15 is 0 Å². The van der Waals surface area contributed by atoms with Gasteiger partial charge in [0.1, 0.15) is 0 Å². The van der Waals surface area contributed by atoms with Gasteiger partial charge in [-0.1, -0.05) is 44.7 Å². The molecule has 1 aliphatic rings. The number of nitrogens with zero attached hydrogens (tertiary/aromatic N) is 2. The lowest BCUT2D eigenvalue weighted by molar-refractivity contribution is 0.257. The van der Waals surface area contributed by atoms with E-state index in [1.165, 1.54) is 31.4 Å². The van der Waals surface area contributed by atoms with Crippen molar-refractivity contribution in [3.63, 3.8) is 0 Å². The molecule has 1 atom stereocenters. The van der Waals surface area contributed by atoms with Gasteiger partial charge in [-0.15, -0.1) is 0 Å². The molecule has 1 aromatic rings. The van der Waals surface area contributed by atoms with Crippen LogP contribution in [0.1, 0.15) is 57.7 Å². The highest BCUT2D eigenvalue weighted by atomic mass is 35.5. The van der Waals surface area contributed by atoms with Crippen LogP contribution in [0.15, 0.2) is 6.20 Å². The molecule has 1 aliphatic carbocycles. The maximum atomic E-state index is 6.33. The van der Waals surface area contributed by atoms with Crippen LogP contribution in [0.4, 0.5) is 0 Å². The van der Waals surface area contributed by atoms with E-state index in [9.17, 15) is 0 Å². The predicted octanol–water partition coefficient (Wildman–Crippen LogP) is 3.79. The van der Waals surface area contributed by atoms with Crippen LogP contribution < -0.4 is 5.32 Å². The Bertz CT molecular complexity index is 371. The Kier molecular flexibility index (Phi) is 5.07. The number of rotatable bonds is 7. The molecule has 18 heavy (non-hydrogen) atoms. The topological polar surface area (TPSA) is 29.9 Å². The average Bonchev–Trinajstić information content (AvgIpc) is 2.64. The van der Waals surface area contributed by atoms with Crippen molar-refractivity contribution in [2.75, 3.05) is 6.54 Å². The average molecular weight is 270 g/mol. The van der Waals surface area contributed by atoms with E-state index in [0.717, 1.165) is 30.5 Å². The lowest BCUT2D eigenvalue weighted by Gasteiger charge is -2.30. The van der Waals surface area contributed by atoms with Gasteiger partial charge >= 0.3 is 0 Å². The Morgan fingerprint density at radius 2 is 2.28 bits per heavy atom. The fourth-order valence-electron chi connectivity index (χ4n) is 2.71. The van der Waals surface area contributed by atoms with Crippen molar-refractivity contribution in [2.45, 2.75) is 58.5 Å². The van der Waals surface area contributed by atoms with Crippen molar-refractivity contribution in [3.05, 3.63) is 16.9 Å².